The van der Waals surface area contributed by atoms with Gasteiger partial charge in [-0.25, -0.2) is 0 Å². The van der Waals surface area contributed by atoms with Crippen LogP contribution in [0.4, 0.5) is 5.69 Å². The molecule has 1 aromatic rings. The Hall–Kier alpha value is -2.10. The van der Waals surface area contributed by atoms with E-state index in [1.165, 1.54) is 0 Å². The van der Waals surface area contributed by atoms with Gasteiger partial charge in [0.2, 0.25) is 5.91 Å². The summed E-state index contributed by atoms with van der Waals surface area (Å²) in [6.45, 7) is 0. The molecule has 108 valence electrons. The van der Waals surface area contributed by atoms with E-state index in [1.807, 2.05) is 42.5 Å². The number of rotatable bonds is 3. The molecule has 1 amide bonds. The Morgan fingerprint density at radius 1 is 1.05 bits per heavy atom. The van der Waals surface area contributed by atoms with Gasteiger partial charge < -0.3 is 15.2 Å². The van der Waals surface area contributed by atoms with Gasteiger partial charge in [-0.15, -0.1) is 0 Å². The number of para-hydroxylation sites is 1. The van der Waals surface area contributed by atoms with Crippen molar-refractivity contribution in [1.29, 1.82) is 0 Å². The van der Waals surface area contributed by atoms with Crippen LogP contribution >= 0.6 is 0 Å². The van der Waals surface area contributed by atoms with Gasteiger partial charge in [-0.05, 0) is 42.2 Å². The number of hydrogen-bond donors (Lipinski definition) is 1. The van der Waals surface area contributed by atoms with Crippen LogP contribution in [-0.2, 0) is 9.59 Å². The fourth-order valence-corrected chi connectivity index (χ4v) is 4.42. The van der Waals surface area contributed by atoms with Gasteiger partial charge in [-0.2, -0.15) is 0 Å². The maximum atomic E-state index is 12.6. The maximum absolute atomic E-state index is 12.6. The minimum atomic E-state index is -1.09. The summed E-state index contributed by atoms with van der Waals surface area (Å²) >= 11 is 0. The van der Waals surface area contributed by atoms with Crippen LogP contribution < -0.4 is 10.4 Å². The Balaban J connectivity index is 1.63. The summed E-state index contributed by atoms with van der Waals surface area (Å²) in [5.41, 5.74) is 0.736. The van der Waals surface area contributed by atoms with Crippen molar-refractivity contribution >= 4 is 17.6 Å². The summed E-state index contributed by atoms with van der Waals surface area (Å²) in [6.07, 6.45) is 6.08. The van der Waals surface area contributed by atoms with E-state index in [1.54, 1.807) is 0 Å². The minimum Gasteiger partial charge on any atom is -0.550 e. The van der Waals surface area contributed by atoms with E-state index in [0.717, 1.165) is 12.8 Å². The third kappa shape index (κ3) is 1.68. The first kappa shape index (κ1) is 12.6. The number of aliphatic carboxylic acids is 1. The summed E-state index contributed by atoms with van der Waals surface area (Å²) in [6, 6.07) is 9.17. The monoisotopic (exact) mass is 282 g/mol. The summed E-state index contributed by atoms with van der Waals surface area (Å²) in [7, 11) is 0. The predicted octanol–water partition coefficient (Wildman–Crippen LogP) is 1.20. The highest BCUT2D eigenvalue weighted by Crippen LogP contribution is 2.71. The zero-order valence-electron chi connectivity index (χ0n) is 11.5. The molecule has 0 aromatic heterocycles. The molecule has 4 nitrogen and oxygen atoms in total. The largest absolute Gasteiger partial charge is 0.550 e. The SMILES string of the molecule is O=C([O-])[C@@H]1[C@H](C(=O)Nc2ccccc2)[C@@H]2C=C[C@H]1C21CC1. The number of carbonyl (C=O) groups excluding carboxylic acids is 2. The quantitative estimate of drug-likeness (QED) is 0.847. The number of carboxylic acid groups (broad SMARTS) is 1. The average molecular weight is 282 g/mol. The normalized spacial score (nSPS) is 34.1. The second-order valence-corrected chi connectivity index (χ2v) is 6.40. The van der Waals surface area contributed by atoms with Crippen molar-refractivity contribution in [2.45, 2.75) is 12.8 Å². The number of benzene rings is 1. The van der Waals surface area contributed by atoms with Crippen molar-refractivity contribution < 1.29 is 14.7 Å². The van der Waals surface area contributed by atoms with Crippen LogP contribution in [0.1, 0.15) is 12.8 Å². The Bertz CT molecular complexity index is 633. The van der Waals surface area contributed by atoms with Crippen LogP contribution in [-0.4, -0.2) is 11.9 Å². The highest BCUT2D eigenvalue weighted by molar-refractivity contribution is 5.96. The van der Waals surface area contributed by atoms with Gasteiger partial charge in [0.25, 0.3) is 0 Å². The molecule has 4 rings (SSSR count). The van der Waals surface area contributed by atoms with E-state index in [0.29, 0.717) is 5.69 Å². The standard InChI is InChI=1S/C17H17NO3/c19-15(18-10-4-2-1-3-5-10)13-11-6-7-12(14(13)16(20)21)17(11)8-9-17/h1-7,11-14H,8-9H2,(H,18,19)(H,20,21)/p-1/t11-,12+,13+,14-/m0/s1. The first-order valence-corrected chi connectivity index (χ1v) is 7.38. The van der Waals surface area contributed by atoms with E-state index in [2.05, 4.69) is 5.32 Å². The molecule has 3 aliphatic rings. The Morgan fingerprint density at radius 2 is 1.67 bits per heavy atom. The highest BCUT2D eigenvalue weighted by atomic mass is 16.4. The molecule has 0 saturated heterocycles. The van der Waals surface area contributed by atoms with E-state index in [9.17, 15) is 14.7 Å². The smallest absolute Gasteiger partial charge is 0.228 e. The van der Waals surface area contributed by atoms with Crippen LogP contribution in [0, 0.1) is 29.1 Å². The molecule has 2 bridgehead atoms. The Kier molecular flexibility index (Phi) is 2.52. The van der Waals surface area contributed by atoms with Crippen LogP contribution in [0.5, 0.6) is 0 Å². The van der Waals surface area contributed by atoms with Gasteiger partial charge in [0.05, 0.1) is 5.92 Å². The van der Waals surface area contributed by atoms with E-state index in [4.69, 9.17) is 0 Å². The first-order chi connectivity index (χ1) is 10.1. The number of carboxylic acids is 1. The van der Waals surface area contributed by atoms with Crippen molar-refractivity contribution in [3.05, 3.63) is 42.5 Å². The Labute approximate surface area is 122 Å². The number of allylic oxidation sites excluding steroid dienone is 2. The summed E-state index contributed by atoms with van der Waals surface area (Å²) < 4.78 is 0. The lowest BCUT2D eigenvalue weighted by Gasteiger charge is -2.27. The topological polar surface area (TPSA) is 69.2 Å². The molecule has 3 aliphatic carbocycles. The van der Waals surface area contributed by atoms with Gasteiger partial charge in [0, 0.05) is 17.6 Å². The van der Waals surface area contributed by atoms with Gasteiger partial charge in [-0.1, -0.05) is 30.4 Å². The third-order valence-corrected chi connectivity index (χ3v) is 5.46. The highest BCUT2D eigenvalue weighted by Gasteiger charge is 2.68. The molecule has 4 atom stereocenters. The van der Waals surface area contributed by atoms with E-state index in [-0.39, 0.29) is 23.2 Å². The number of carbonyl (C=O) groups is 2. The van der Waals surface area contributed by atoms with Crippen molar-refractivity contribution in [2.24, 2.45) is 29.1 Å². The molecule has 1 aromatic carbocycles. The molecule has 2 fully saturated rings. The molecule has 4 heteroatoms. The van der Waals surface area contributed by atoms with E-state index < -0.39 is 17.8 Å². The molecule has 21 heavy (non-hydrogen) atoms. The number of nitrogens with one attached hydrogen (secondary N) is 1. The number of amides is 1. The second kappa shape index (κ2) is 4.20. The zero-order chi connectivity index (χ0) is 14.6. The van der Waals surface area contributed by atoms with Crippen LogP contribution in [0.15, 0.2) is 42.5 Å². The molecular weight excluding hydrogens is 266 g/mol. The van der Waals surface area contributed by atoms with Crippen LogP contribution in [0.2, 0.25) is 0 Å². The third-order valence-electron chi connectivity index (χ3n) is 5.46. The second-order valence-electron chi connectivity index (χ2n) is 6.40. The summed E-state index contributed by atoms with van der Waals surface area (Å²) in [4.78, 5) is 24.1. The molecule has 0 radical (unpaired) electrons. The van der Waals surface area contributed by atoms with Crippen molar-refractivity contribution in [2.75, 3.05) is 5.32 Å². The fraction of sp³-hybridized carbons (Fsp3) is 0.412. The molecular formula is C17H16NO3-. The average Bonchev–Trinajstić information content (AvgIpc) is 3.13. The lowest BCUT2D eigenvalue weighted by molar-refractivity contribution is -0.313. The van der Waals surface area contributed by atoms with Crippen molar-refractivity contribution in [3.63, 3.8) is 0 Å². The van der Waals surface area contributed by atoms with E-state index >= 15 is 0 Å². The van der Waals surface area contributed by atoms with Gasteiger partial charge in [0.15, 0.2) is 0 Å². The van der Waals surface area contributed by atoms with Gasteiger partial charge >= 0.3 is 0 Å². The molecule has 1 spiro atoms. The van der Waals surface area contributed by atoms with Crippen LogP contribution in [0.3, 0.4) is 0 Å². The minimum absolute atomic E-state index is 0.0287. The fourth-order valence-electron chi connectivity index (χ4n) is 4.42. The van der Waals surface area contributed by atoms with Gasteiger partial charge in [-0.3, -0.25) is 4.79 Å². The number of anilines is 1. The molecule has 0 aliphatic heterocycles. The number of hydrogen-bond acceptors (Lipinski definition) is 3. The molecule has 2 saturated carbocycles. The summed E-state index contributed by atoms with van der Waals surface area (Å²) in [5.74, 6) is -2.46. The Morgan fingerprint density at radius 3 is 2.24 bits per heavy atom. The van der Waals surface area contributed by atoms with Gasteiger partial charge in [0.1, 0.15) is 0 Å². The van der Waals surface area contributed by atoms with Crippen molar-refractivity contribution in [1.82, 2.24) is 0 Å². The van der Waals surface area contributed by atoms with Crippen LogP contribution in [0.25, 0.3) is 0 Å². The molecule has 0 unspecified atom stereocenters. The predicted molar refractivity (Wildman–Crippen MR) is 74.8 cm³/mol. The zero-order valence-corrected chi connectivity index (χ0v) is 11.5. The molecule has 0 heterocycles. The summed E-state index contributed by atoms with van der Waals surface area (Å²) in [5, 5.41) is 14.4. The maximum Gasteiger partial charge on any atom is 0.228 e. The first-order valence-electron chi connectivity index (χ1n) is 7.38. The molecule has 1 N–H and O–H groups in total. The van der Waals surface area contributed by atoms with Crippen molar-refractivity contribution in [3.8, 4) is 0 Å². The lowest BCUT2D eigenvalue weighted by Crippen LogP contribution is -2.42. The lowest BCUT2D eigenvalue weighted by atomic mass is 9.82.